The van der Waals surface area contributed by atoms with Crippen LogP contribution in [0.3, 0.4) is 0 Å². The van der Waals surface area contributed by atoms with Gasteiger partial charge in [0.1, 0.15) is 0 Å². The molecular formula is C21H28O2Si. The Morgan fingerprint density at radius 1 is 0.875 bits per heavy atom. The largest absolute Gasteiger partial charge is 0.402 e. The molecule has 1 aliphatic rings. The molecular weight excluding hydrogens is 312 g/mol. The summed E-state index contributed by atoms with van der Waals surface area (Å²) in [6.45, 7) is 6.83. The monoisotopic (exact) mass is 340 g/mol. The van der Waals surface area contributed by atoms with Gasteiger partial charge in [0.15, 0.2) is 0 Å². The van der Waals surface area contributed by atoms with E-state index in [1.165, 1.54) is 10.4 Å². The van der Waals surface area contributed by atoms with Crippen LogP contribution >= 0.6 is 0 Å². The summed E-state index contributed by atoms with van der Waals surface area (Å²) in [5.41, 5.74) is 0. The van der Waals surface area contributed by atoms with E-state index in [4.69, 9.17) is 4.43 Å². The Morgan fingerprint density at radius 2 is 1.38 bits per heavy atom. The molecule has 1 fully saturated rings. The summed E-state index contributed by atoms with van der Waals surface area (Å²) in [6, 6.07) is 21.3. The summed E-state index contributed by atoms with van der Waals surface area (Å²) in [5, 5.41) is 12.9. The Hall–Kier alpha value is -1.42. The predicted molar refractivity (Wildman–Crippen MR) is 102 cm³/mol. The summed E-state index contributed by atoms with van der Waals surface area (Å²) in [4.78, 5) is 0. The summed E-state index contributed by atoms with van der Waals surface area (Å²) >= 11 is 0. The maximum absolute atomic E-state index is 10.4. The van der Waals surface area contributed by atoms with Crippen molar-refractivity contribution in [3.63, 3.8) is 0 Å². The van der Waals surface area contributed by atoms with Crippen molar-refractivity contribution in [1.82, 2.24) is 0 Å². The third-order valence-corrected chi connectivity index (χ3v) is 10.2. The van der Waals surface area contributed by atoms with Crippen molar-refractivity contribution in [3.8, 4) is 0 Å². The first kappa shape index (κ1) is 17.4. The van der Waals surface area contributed by atoms with Crippen LogP contribution < -0.4 is 10.4 Å². The molecule has 0 heterocycles. The van der Waals surface area contributed by atoms with Crippen molar-refractivity contribution in [2.75, 3.05) is 0 Å². The van der Waals surface area contributed by atoms with Crippen molar-refractivity contribution < 1.29 is 9.53 Å². The number of hydrogen-bond donors (Lipinski definition) is 1. The van der Waals surface area contributed by atoms with Crippen LogP contribution in [0.25, 0.3) is 0 Å². The molecule has 0 saturated heterocycles. The first-order chi connectivity index (χ1) is 11.4. The van der Waals surface area contributed by atoms with E-state index in [2.05, 4.69) is 81.4 Å². The molecule has 2 aromatic carbocycles. The van der Waals surface area contributed by atoms with Gasteiger partial charge in [0.05, 0.1) is 12.2 Å². The third kappa shape index (κ3) is 3.08. The van der Waals surface area contributed by atoms with Gasteiger partial charge in [-0.2, -0.15) is 0 Å². The number of hydrogen-bond acceptors (Lipinski definition) is 2. The van der Waals surface area contributed by atoms with E-state index in [1.54, 1.807) is 0 Å². The van der Waals surface area contributed by atoms with E-state index in [0.29, 0.717) is 0 Å². The van der Waals surface area contributed by atoms with E-state index in [1.807, 2.05) is 0 Å². The van der Waals surface area contributed by atoms with Crippen LogP contribution in [0, 0.1) is 0 Å². The van der Waals surface area contributed by atoms with Gasteiger partial charge in [-0.3, -0.25) is 0 Å². The highest BCUT2D eigenvalue weighted by Crippen LogP contribution is 2.39. The van der Waals surface area contributed by atoms with E-state index < -0.39 is 8.32 Å². The number of aliphatic hydroxyl groups excluding tert-OH is 1. The minimum atomic E-state index is -2.52. The lowest BCUT2D eigenvalue weighted by molar-refractivity contribution is 0.0539. The zero-order valence-corrected chi connectivity index (χ0v) is 15.9. The summed E-state index contributed by atoms with van der Waals surface area (Å²) in [5.74, 6) is 0. The fourth-order valence-electron chi connectivity index (χ4n) is 3.96. The second-order valence-corrected chi connectivity index (χ2v) is 12.1. The lowest BCUT2D eigenvalue weighted by atomic mass is 10.2. The average molecular weight is 341 g/mol. The lowest BCUT2D eigenvalue weighted by Crippen LogP contribution is -2.68. The lowest BCUT2D eigenvalue weighted by Gasteiger charge is -2.45. The average Bonchev–Trinajstić information content (AvgIpc) is 2.98. The van der Waals surface area contributed by atoms with Gasteiger partial charge in [0.2, 0.25) is 0 Å². The molecule has 3 rings (SSSR count). The minimum Gasteiger partial charge on any atom is -0.402 e. The summed E-state index contributed by atoms with van der Waals surface area (Å²) in [7, 11) is -2.52. The highest BCUT2D eigenvalue weighted by atomic mass is 28.4. The second-order valence-electron chi connectivity index (χ2n) is 7.82. The molecule has 2 atom stereocenters. The standard InChI is InChI=1S/C21H28O2Si/c1-21(2,3)24(17-11-6-4-7-12-17,18-13-8-5-9-14-18)23-20-16-10-15-19(20)22/h4-9,11-14,19-20,22H,10,15-16H2,1-3H3/t19-,20-/m0/s1. The molecule has 2 nitrogen and oxygen atoms in total. The molecule has 0 spiro atoms. The van der Waals surface area contributed by atoms with Crippen LogP contribution in [-0.2, 0) is 4.43 Å². The highest BCUT2D eigenvalue weighted by Gasteiger charge is 2.52. The molecule has 0 aromatic heterocycles. The van der Waals surface area contributed by atoms with Gasteiger partial charge < -0.3 is 9.53 Å². The Bertz CT molecular complexity index is 609. The van der Waals surface area contributed by atoms with Gasteiger partial charge >= 0.3 is 0 Å². The topological polar surface area (TPSA) is 29.5 Å². The van der Waals surface area contributed by atoms with Crippen LogP contribution in [0.2, 0.25) is 5.04 Å². The number of benzene rings is 2. The fourth-order valence-corrected chi connectivity index (χ4v) is 8.71. The van der Waals surface area contributed by atoms with E-state index in [0.717, 1.165) is 19.3 Å². The Labute approximate surface area is 146 Å². The molecule has 1 aliphatic carbocycles. The number of aliphatic hydroxyl groups is 1. The Balaban J connectivity index is 2.17. The quantitative estimate of drug-likeness (QED) is 0.864. The van der Waals surface area contributed by atoms with Gasteiger partial charge in [-0.15, -0.1) is 0 Å². The number of rotatable bonds is 4. The molecule has 2 aromatic rings. The van der Waals surface area contributed by atoms with Gasteiger partial charge in [0, 0.05) is 0 Å². The van der Waals surface area contributed by atoms with E-state index >= 15 is 0 Å². The van der Waals surface area contributed by atoms with Gasteiger partial charge in [-0.1, -0.05) is 81.4 Å². The maximum atomic E-state index is 10.4. The van der Waals surface area contributed by atoms with Crippen LogP contribution in [0.5, 0.6) is 0 Å². The molecule has 0 aliphatic heterocycles. The zero-order chi connectivity index (χ0) is 17.2. The van der Waals surface area contributed by atoms with Crippen molar-refractivity contribution in [2.24, 2.45) is 0 Å². The third-order valence-electron chi connectivity index (χ3n) is 5.16. The highest BCUT2D eigenvalue weighted by molar-refractivity contribution is 6.99. The van der Waals surface area contributed by atoms with Crippen LogP contribution in [0.4, 0.5) is 0 Å². The molecule has 0 amide bonds. The zero-order valence-electron chi connectivity index (χ0n) is 14.9. The van der Waals surface area contributed by atoms with Crippen LogP contribution in [0.1, 0.15) is 40.0 Å². The van der Waals surface area contributed by atoms with Gasteiger partial charge in [-0.25, -0.2) is 0 Å². The predicted octanol–water partition coefficient (Wildman–Crippen LogP) is 3.48. The molecule has 0 unspecified atom stereocenters. The summed E-state index contributed by atoms with van der Waals surface area (Å²) < 4.78 is 6.94. The fraction of sp³-hybridized carbons (Fsp3) is 0.429. The van der Waals surface area contributed by atoms with Crippen molar-refractivity contribution in [2.45, 2.75) is 57.3 Å². The maximum Gasteiger partial charge on any atom is 0.261 e. The molecule has 128 valence electrons. The van der Waals surface area contributed by atoms with E-state index in [9.17, 15) is 5.11 Å². The van der Waals surface area contributed by atoms with Crippen molar-refractivity contribution in [3.05, 3.63) is 60.7 Å². The smallest absolute Gasteiger partial charge is 0.261 e. The van der Waals surface area contributed by atoms with Gasteiger partial charge in [-0.05, 0) is 34.7 Å². The van der Waals surface area contributed by atoms with E-state index in [-0.39, 0.29) is 17.2 Å². The van der Waals surface area contributed by atoms with Crippen molar-refractivity contribution in [1.29, 1.82) is 0 Å². The van der Waals surface area contributed by atoms with Crippen LogP contribution in [-0.4, -0.2) is 25.6 Å². The van der Waals surface area contributed by atoms with Crippen LogP contribution in [0.15, 0.2) is 60.7 Å². The SMILES string of the molecule is CC(C)(C)[Si](O[C@H]1CCC[C@@H]1O)(c1ccccc1)c1ccccc1. The molecule has 0 bridgehead atoms. The molecule has 1 N–H and O–H groups in total. The Kier molecular flexibility index (Phi) is 4.95. The minimum absolute atomic E-state index is 0.0297. The van der Waals surface area contributed by atoms with Gasteiger partial charge in [0.25, 0.3) is 8.32 Å². The normalized spacial score (nSPS) is 21.8. The molecule has 0 radical (unpaired) electrons. The first-order valence-electron chi connectivity index (χ1n) is 8.92. The first-order valence-corrected chi connectivity index (χ1v) is 10.8. The van der Waals surface area contributed by atoms with Crippen molar-refractivity contribution >= 4 is 18.7 Å². The Morgan fingerprint density at radius 3 is 1.75 bits per heavy atom. The molecule has 24 heavy (non-hydrogen) atoms. The second kappa shape index (κ2) is 6.83. The molecule has 3 heteroatoms. The summed E-state index contributed by atoms with van der Waals surface area (Å²) in [6.07, 6.45) is 2.45. The molecule has 1 saturated carbocycles.